The predicted molar refractivity (Wildman–Crippen MR) is 91.1 cm³/mol. The summed E-state index contributed by atoms with van der Waals surface area (Å²) in [5, 5.41) is 10.4. The molecule has 0 amide bonds. The first-order chi connectivity index (χ1) is 11.2. The van der Waals surface area contributed by atoms with E-state index in [2.05, 4.69) is 6.92 Å². The average Bonchev–Trinajstić information content (AvgIpc) is 2.51. The summed E-state index contributed by atoms with van der Waals surface area (Å²) in [5.41, 5.74) is 1.85. The molecule has 0 unspecified atom stereocenters. The molecule has 0 fully saturated rings. The van der Waals surface area contributed by atoms with Crippen molar-refractivity contribution in [1.29, 1.82) is 0 Å². The fourth-order valence-corrected chi connectivity index (χ4v) is 3.04. The van der Waals surface area contributed by atoms with Crippen LogP contribution in [-0.4, -0.2) is 22.6 Å². The predicted octanol–water partition coefficient (Wildman–Crippen LogP) is 2.50. The lowest BCUT2D eigenvalue weighted by Gasteiger charge is -2.15. The molecule has 0 saturated heterocycles. The molecule has 1 aromatic heterocycles. The number of hydrogen-bond donors (Lipinski definition) is 2. The quantitative estimate of drug-likeness (QED) is 0.780. The van der Waals surface area contributed by atoms with E-state index in [0.29, 0.717) is 12.0 Å². The Morgan fingerprint density at radius 2 is 1.79 bits per heavy atom. The fourth-order valence-electron chi connectivity index (χ4n) is 2.56. The lowest BCUT2D eigenvalue weighted by atomic mass is 10.0. The van der Waals surface area contributed by atoms with Crippen molar-refractivity contribution >= 4 is 10.1 Å². The molecule has 0 bridgehead atoms. The smallest absolute Gasteiger partial charge is 0.294 e. The molecule has 0 atom stereocenters. The van der Waals surface area contributed by atoms with Crippen molar-refractivity contribution in [2.45, 2.75) is 44.6 Å². The van der Waals surface area contributed by atoms with Crippen molar-refractivity contribution in [2.24, 2.45) is 0 Å². The molecule has 0 saturated carbocycles. The van der Waals surface area contributed by atoms with E-state index >= 15 is 0 Å². The normalized spacial score (nSPS) is 11.6. The van der Waals surface area contributed by atoms with Crippen LogP contribution in [0, 0.1) is 6.92 Å². The number of rotatable bonds is 6. The number of unbranched alkanes of at least 4 members (excludes halogenated alkanes) is 1. The molecule has 0 aliphatic carbocycles. The van der Waals surface area contributed by atoms with E-state index < -0.39 is 10.1 Å². The third kappa shape index (κ3) is 4.04. The summed E-state index contributed by atoms with van der Waals surface area (Å²) in [6.07, 6.45) is 2.58. The highest BCUT2D eigenvalue weighted by atomic mass is 32.2. The van der Waals surface area contributed by atoms with Gasteiger partial charge < -0.3 is 5.11 Å². The molecule has 0 aliphatic rings. The second-order valence-corrected chi connectivity index (χ2v) is 7.20. The molecular weight excluding hydrogens is 330 g/mol. The lowest BCUT2D eigenvalue weighted by Crippen LogP contribution is -2.22. The summed E-state index contributed by atoms with van der Waals surface area (Å²) in [6.45, 7) is 3.98. The van der Waals surface area contributed by atoms with Gasteiger partial charge in [-0.3, -0.25) is 13.9 Å². The molecule has 1 heterocycles. The largest absolute Gasteiger partial charge is 0.494 e. The average molecular weight is 351 g/mol. The summed E-state index contributed by atoms with van der Waals surface area (Å²) < 4.78 is 32.4. The maximum Gasteiger partial charge on any atom is 0.294 e. The third-order valence-corrected chi connectivity index (χ3v) is 4.82. The van der Waals surface area contributed by atoms with E-state index in [0.717, 1.165) is 24.0 Å². The van der Waals surface area contributed by atoms with Crippen LogP contribution in [0.2, 0.25) is 0 Å². The van der Waals surface area contributed by atoms with E-state index in [1.54, 1.807) is 6.92 Å². The summed E-state index contributed by atoms with van der Waals surface area (Å²) in [7, 11) is -4.25. The third-order valence-electron chi connectivity index (χ3n) is 3.95. The minimum Gasteiger partial charge on any atom is -0.494 e. The highest BCUT2D eigenvalue weighted by Gasteiger charge is 2.14. The molecule has 0 aliphatic heterocycles. The zero-order valence-corrected chi connectivity index (χ0v) is 14.5. The van der Waals surface area contributed by atoms with Crippen LogP contribution in [0.15, 0.2) is 40.0 Å². The van der Waals surface area contributed by atoms with Crippen molar-refractivity contribution in [3.63, 3.8) is 0 Å². The number of pyridine rings is 1. The Morgan fingerprint density at radius 1 is 1.17 bits per heavy atom. The summed E-state index contributed by atoms with van der Waals surface area (Å²) in [4.78, 5) is 12.0. The molecule has 2 aromatic rings. The number of benzene rings is 1. The zero-order chi connectivity index (χ0) is 17.9. The van der Waals surface area contributed by atoms with Gasteiger partial charge in [0.15, 0.2) is 5.88 Å². The first-order valence-electron chi connectivity index (χ1n) is 7.72. The van der Waals surface area contributed by atoms with Gasteiger partial charge in [-0.25, -0.2) is 0 Å². The Hall–Kier alpha value is -2.12. The van der Waals surface area contributed by atoms with Gasteiger partial charge in [0.2, 0.25) is 0 Å². The maximum atomic E-state index is 12.2. The Bertz CT molecular complexity index is 882. The first-order valence-corrected chi connectivity index (χ1v) is 9.16. The van der Waals surface area contributed by atoms with Gasteiger partial charge in [0, 0.05) is 11.6 Å². The van der Waals surface area contributed by atoms with Crippen molar-refractivity contribution in [3.05, 3.63) is 57.4 Å². The van der Waals surface area contributed by atoms with E-state index in [1.165, 1.54) is 34.9 Å². The first kappa shape index (κ1) is 18.2. The van der Waals surface area contributed by atoms with Crippen molar-refractivity contribution in [1.82, 2.24) is 4.57 Å². The molecule has 0 radical (unpaired) electrons. The van der Waals surface area contributed by atoms with Crippen LogP contribution in [0.5, 0.6) is 5.88 Å². The highest BCUT2D eigenvalue weighted by Crippen LogP contribution is 2.22. The van der Waals surface area contributed by atoms with Crippen molar-refractivity contribution < 1.29 is 18.1 Å². The topological polar surface area (TPSA) is 96.6 Å². The molecule has 1 aromatic carbocycles. The molecule has 2 N–H and O–H groups in total. The van der Waals surface area contributed by atoms with E-state index in [1.807, 2.05) is 0 Å². The van der Waals surface area contributed by atoms with Gasteiger partial charge in [0.25, 0.3) is 15.7 Å². The van der Waals surface area contributed by atoms with Crippen LogP contribution in [-0.2, 0) is 23.1 Å². The molecule has 6 nitrogen and oxygen atoms in total. The summed E-state index contributed by atoms with van der Waals surface area (Å²) >= 11 is 0. The van der Waals surface area contributed by atoms with Crippen molar-refractivity contribution in [2.75, 3.05) is 0 Å². The Balaban J connectivity index is 2.37. The number of aryl methyl sites for hydroxylation is 1. The van der Waals surface area contributed by atoms with E-state index in [-0.39, 0.29) is 22.9 Å². The monoisotopic (exact) mass is 351 g/mol. The summed E-state index contributed by atoms with van der Waals surface area (Å²) in [5.74, 6) is -0.0488. The molecule has 24 heavy (non-hydrogen) atoms. The van der Waals surface area contributed by atoms with Crippen LogP contribution in [0.4, 0.5) is 0 Å². The zero-order valence-electron chi connectivity index (χ0n) is 13.7. The molecule has 2 rings (SSSR count). The number of hydrogen-bond acceptors (Lipinski definition) is 4. The highest BCUT2D eigenvalue weighted by molar-refractivity contribution is 7.85. The van der Waals surface area contributed by atoms with Crippen LogP contribution in [0.25, 0.3) is 0 Å². The van der Waals surface area contributed by atoms with Crippen LogP contribution in [0.3, 0.4) is 0 Å². The summed E-state index contributed by atoms with van der Waals surface area (Å²) in [6, 6.07) is 7.02. The Labute approximate surface area is 141 Å². The van der Waals surface area contributed by atoms with Gasteiger partial charge in [0.05, 0.1) is 11.4 Å². The number of aromatic nitrogens is 1. The van der Waals surface area contributed by atoms with Gasteiger partial charge in [-0.1, -0.05) is 25.5 Å². The van der Waals surface area contributed by atoms with Gasteiger partial charge in [-0.15, -0.1) is 0 Å². The minimum absolute atomic E-state index is 0.0488. The van der Waals surface area contributed by atoms with Gasteiger partial charge >= 0.3 is 0 Å². The molecular formula is C17H21NO5S. The molecule has 7 heteroatoms. The Morgan fingerprint density at radius 3 is 2.33 bits per heavy atom. The van der Waals surface area contributed by atoms with Gasteiger partial charge in [-0.05, 0) is 43.0 Å². The van der Waals surface area contributed by atoms with Gasteiger partial charge in [-0.2, -0.15) is 8.42 Å². The minimum atomic E-state index is -4.25. The van der Waals surface area contributed by atoms with Crippen LogP contribution < -0.4 is 5.56 Å². The van der Waals surface area contributed by atoms with E-state index in [9.17, 15) is 18.3 Å². The lowest BCUT2D eigenvalue weighted by molar-refractivity contribution is 0.406. The van der Waals surface area contributed by atoms with E-state index in [4.69, 9.17) is 4.55 Å². The Kier molecular flexibility index (Phi) is 5.46. The van der Waals surface area contributed by atoms with Crippen LogP contribution in [0.1, 0.15) is 36.5 Å². The maximum absolute atomic E-state index is 12.2. The van der Waals surface area contributed by atoms with Crippen molar-refractivity contribution in [3.8, 4) is 5.88 Å². The van der Waals surface area contributed by atoms with Crippen LogP contribution >= 0.6 is 0 Å². The molecule has 130 valence electrons. The van der Waals surface area contributed by atoms with Gasteiger partial charge in [0.1, 0.15) is 0 Å². The standard InChI is InChI=1S/C17H21NO5S/c1-3-4-5-15-12(2)10-16(19)18(17(15)20)11-13-6-8-14(9-7-13)24(21,22)23/h6-10,20H,3-5,11H2,1-2H3,(H,21,22,23). The number of nitrogens with zero attached hydrogens (tertiary/aromatic N) is 1. The fraction of sp³-hybridized carbons (Fsp3) is 0.353. The number of aromatic hydroxyl groups is 1. The SMILES string of the molecule is CCCCc1c(C)cc(=O)n(Cc2ccc(S(=O)(=O)O)cc2)c1O. The molecule has 0 spiro atoms. The second kappa shape index (κ2) is 7.19. The second-order valence-electron chi connectivity index (χ2n) is 5.78.